The molecule has 0 spiro atoms. The summed E-state index contributed by atoms with van der Waals surface area (Å²) >= 11 is 5.81. The quantitative estimate of drug-likeness (QED) is 0.914. The van der Waals surface area contributed by atoms with Crippen LogP contribution in [0.25, 0.3) is 0 Å². The van der Waals surface area contributed by atoms with Crippen molar-refractivity contribution in [3.63, 3.8) is 0 Å². The van der Waals surface area contributed by atoms with Crippen molar-refractivity contribution in [2.24, 2.45) is 5.73 Å². The minimum absolute atomic E-state index is 0.255. The van der Waals surface area contributed by atoms with Crippen LogP contribution < -0.4 is 5.73 Å². The van der Waals surface area contributed by atoms with Crippen molar-refractivity contribution < 1.29 is 8.42 Å². The number of sulfone groups is 1. The van der Waals surface area contributed by atoms with E-state index in [1.807, 2.05) is 37.3 Å². The van der Waals surface area contributed by atoms with Gasteiger partial charge in [0, 0.05) is 11.1 Å². The molecule has 0 amide bonds. The molecule has 0 radical (unpaired) electrons. The number of halogens is 1. The Kier molecular flexibility index (Phi) is 5.04. The molecule has 0 saturated heterocycles. The van der Waals surface area contributed by atoms with Gasteiger partial charge in [-0.1, -0.05) is 48.9 Å². The molecule has 0 heterocycles. The second-order valence-corrected chi connectivity index (χ2v) is 7.49. The van der Waals surface area contributed by atoms with E-state index < -0.39 is 21.1 Å². The largest absolute Gasteiger partial charge is 0.323 e. The minimum Gasteiger partial charge on any atom is -0.323 e. The van der Waals surface area contributed by atoms with E-state index in [4.69, 9.17) is 17.3 Å². The van der Waals surface area contributed by atoms with Crippen LogP contribution in [0.2, 0.25) is 5.02 Å². The van der Waals surface area contributed by atoms with Crippen LogP contribution in [0.3, 0.4) is 0 Å². The van der Waals surface area contributed by atoms with E-state index in [1.54, 1.807) is 12.1 Å². The highest BCUT2D eigenvalue weighted by Crippen LogP contribution is 2.28. The zero-order chi connectivity index (χ0) is 15.5. The second-order valence-electron chi connectivity index (χ2n) is 4.88. The lowest BCUT2D eigenvalue weighted by molar-refractivity contribution is 0.547. The first-order valence-corrected chi connectivity index (χ1v) is 8.69. The Morgan fingerprint density at radius 2 is 1.62 bits per heavy atom. The summed E-state index contributed by atoms with van der Waals surface area (Å²) in [6.07, 6.45) is 0.445. The van der Waals surface area contributed by atoms with Crippen LogP contribution in [0.15, 0.2) is 59.5 Å². The first kappa shape index (κ1) is 16.0. The Morgan fingerprint density at radius 3 is 2.14 bits per heavy atom. The summed E-state index contributed by atoms with van der Waals surface area (Å²) in [5.74, 6) is 0. The molecular formula is C16H18ClNO2S. The Balaban J connectivity index is 2.38. The molecule has 0 saturated carbocycles. The number of benzene rings is 2. The van der Waals surface area contributed by atoms with Gasteiger partial charge in [-0.3, -0.25) is 0 Å². The van der Waals surface area contributed by atoms with Crippen LogP contribution in [-0.4, -0.2) is 13.7 Å². The molecule has 2 aromatic rings. The van der Waals surface area contributed by atoms with Crippen LogP contribution in [0, 0.1) is 0 Å². The zero-order valence-electron chi connectivity index (χ0n) is 11.7. The van der Waals surface area contributed by atoms with Crippen LogP contribution in [0.5, 0.6) is 0 Å². The highest BCUT2D eigenvalue weighted by Gasteiger charge is 2.32. The predicted octanol–water partition coefficient (Wildman–Crippen LogP) is 3.59. The molecule has 0 fully saturated rings. The highest BCUT2D eigenvalue weighted by molar-refractivity contribution is 7.92. The van der Waals surface area contributed by atoms with Crippen molar-refractivity contribution >= 4 is 21.4 Å². The van der Waals surface area contributed by atoms with Gasteiger partial charge in [-0.25, -0.2) is 8.42 Å². The van der Waals surface area contributed by atoms with Gasteiger partial charge in [0.05, 0.1) is 10.1 Å². The summed E-state index contributed by atoms with van der Waals surface area (Å²) in [7, 11) is -3.50. The molecule has 3 nitrogen and oxygen atoms in total. The van der Waals surface area contributed by atoms with E-state index in [0.29, 0.717) is 11.4 Å². The third kappa shape index (κ3) is 3.46. The molecule has 2 aromatic carbocycles. The van der Waals surface area contributed by atoms with Crippen molar-refractivity contribution in [3.8, 4) is 0 Å². The number of rotatable bonds is 5. The van der Waals surface area contributed by atoms with Gasteiger partial charge in [0.15, 0.2) is 9.84 Å². The molecule has 2 rings (SSSR count). The van der Waals surface area contributed by atoms with Gasteiger partial charge in [-0.05, 0) is 36.2 Å². The Hall–Kier alpha value is -1.36. The monoisotopic (exact) mass is 323 g/mol. The lowest BCUT2D eigenvalue weighted by Gasteiger charge is -2.23. The molecule has 0 aromatic heterocycles. The third-order valence-electron chi connectivity index (χ3n) is 3.53. The van der Waals surface area contributed by atoms with Gasteiger partial charge in [-0.15, -0.1) is 0 Å². The fraction of sp³-hybridized carbons (Fsp3) is 0.250. The number of nitrogens with two attached hydrogens (primary N) is 1. The van der Waals surface area contributed by atoms with E-state index in [-0.39, 0.29) is 4.90 Å². The standard InChI is InChI=1S/C16H18ClNO2S/c1-2-15(16(18)12-6-4-3-5-7-12)21(19,20)14-10-8-13(17)9-11-14/h3-11,15-16H,2,18H2,1H3. The van der Waals surface area contributed by atoms with Crippen molar-refractivity contribution in [2.75, 3.05) is 0 Å². The molecule has 0 bridgehead atoms. The van der Waals surface area contributed by atoms with E-state index >= 15 is 0 Å². The van der Waals surface area contributed by atoms with Crippen molar-refractivity contribution in [2.45, 2.75) is 29.5 Å². The van der Waals surface area contributed by atoms with Gasteiger partial charge in [0.1, 0.15) is 0 Å². The Morgan fingerprint density at radius 1 is 1.05 bits per heavy atom. The number of hydrogen-bond donors (Lipinski definition) is 1. The molecule has 5 heteroatoms. The van der Waals surface area contributed by atoms with Gasteiger partial charge >= 0.3 is 0 Å². The molecule has 2 atom stereocenters. The minimum atomic E-state index is -3.50. The van der Waals surface area contributed by atoms with E-state index in [2.05, 4.69) is 0 Å². The Labute approximate surface area is 130 Å². The lowest BCUT2D eigenvalue weighted by Crippen LogP contribution is -2.33. The van der Waals surface area contributed by atoms with Crippen LogP contribution in [0.1, 0.15) is 24.9 Å². The lowest BCUT2D eigenvalue weighted by atomic mass is 10.0. The van der Waals surface area contributed by atoms with Gasteiger partial charge in [-0.2, -0.15) is 0 Å². The number of hydrogen-bond acceptors (Lipinski definition) is 3. The summed E-state index contributed by atoms with van der Waals surface area (Å²) in [6.45, 7) is 1.83. The van der Waals surface area contributed by atoms with Crippen LogP contribution >= 0.6 is 11.6 Å². The van der Waals surface area contributed by atoms with Crippen molar-refractivity contribution in [3.05, 3.63) is 65.2 Å². The van der Waals surface area contributed by atoms with Crippen LogP contribution in [-0.2, 0) is 9.84 Å². The predicted molar refractivity (Wildman–Crippen MR) is 86.1 cm³/mol. The second kappa shape index (κ2) is 6.60. The summed E-state index contributed by atoms with van der Waals surface area (Å²) in [4.78, 5) is 0.255. The molecule has 2 unspecified atom stereocenters. The molecule has 21 heavy (non-hydrogen) atoms. The molecular weight excluding hydrogens is 306 g/mol. The van der Waals surface area contributed by atoms with E-state index in [0.717, 1.165) is 5.56 Å². The van der Waals surface area contributed by atoms with E-state index in [1.165, 1.54) is 12.1 Å². The SMILES string of the molecule is CCC(C(N)c1ccccc1)S(=O)(=O)c1ccc(Cl)cc1. The third-order valence-corrected chi connectivity index (χ3v) is 6.13. The van der Waals surface area contributed by atoms with Crippen LogP contribution in [0.4, 0.5) is 0 Å². The summed E-state index contributed by atoms with van der Waals surface area (Å²) < 4.78 is 25.5. The molecule has 0 aliphatic rings. The summed E-state index contributed by atoms with van der Waals surface area (Å²) in [5.41, 5.74) is 7.02. The first-order chi connectivity index (χ1) is 9.96. The van der Waals surface area contributed by atoms with Crippen molar-refractivity contribution in [1.29, 1.82) is 0 Å². The smallest absolute Gasteiger partial charge is 0.183 e. The van der Waals surface area contributed by atoms with E-state index in [9.17, 15) is 8.42 Å². The van der Waals surface area contributed by atoms with Gasteiger partial charge in [0.25, 0.3) is 0 Å². The molecule has 0 aliphatic heterocycles. The highest BCUT2D eigenvalue weighted by atomic mass is 35.5. The molecule has 2 N–H and O–H groups in total. The van der Waals surface area contributed by atoms with Gasteiger partial charge < -0.3 is 5.73 Å². The average molecular weight is 324 g/mol. The fourth-order valence-electron chi connectivity index (χ4n) is 2.36. The molecule has 112 valence electrons. The maximum atomic E-state index is 12.8. The topological polar surface area (TPSA) is 60.2 Å². The Bertz CT molecular complexity index is 684. The van der Waals surface area contributed by atoms with Gasteiger partial charge in [0.2, 0.25) is 0 Å². The maximum absolute atomic E-state index is 12.8. The summed E-state index contributed by atoms with van der Waals surface area (Å²) in [6, 6.07) is 14.9. The fourth-order valence-corrected chi connectivity index (χ4v) is 4.33. The molecule has 0 aliphatic carbocycles. The normalized spacial score (nSPS) is 14.6. The first-order valence-electron chi connectivity index (χ1n) is 6.76. The zero-order valence-corrected chi connectivity index (χ0v) is 13.3. The average Bonchev–Trinajstić information content (AvgIpc) is 2.49. The summed E-state index contributed by atoms with van der Waals surface area (Å²) in [5, 5.41) is -0.157. The van der Waals surface area contributed by atoms with Crippen molar-refractivity contribution in [1.82, 2.24) is 0 Å². The maximum Gasteiger partial charge on any atom is 0.183 e.